The molecule has 0 bridgehead atoms. The Balaban J connectivity index is 2.30. The third kappa shape index (κ3) is 1.03. The average Bonchev–Trinajstić information content (AvgIpc) is 2.98. The van der Waals surface area contributed by atoms with Crippen molar-refractivity contribution in [3.8, 4) is 0 Å². The smallest absolute Gasteiger partial charge is 0.126 e. The van der Waals surface area contributed by atoms with E-state index in [2.05, 4.69) is 62.9 Å². The van der Waals surface area contributed by atoms with E-state index < -0.39 is 0 Å². The number of hydrogen-bond donors (Lipinski definition) is 0. The lowest BCUT2D eigenvalue weighted by Gasteiger charge is -1.96. The van der Waals surface area contributed by atoms with Gasteiger partial charge in [-0.2, -0.15) is 0 Å². The quantitative estimate of drug-likeness (QED) is 0.420. The van der Waals surface area contributed by atoms with Crippen LogP contribution in [0.1, 0.15) is 5.82 Å². The Morgan fingerprint density at radius 3 is 1.80 bits per heavy atom. The molecule has 0 unspecified atom stereocenters. The van der Waals surface area contributed by atoms with Crippen molar-refractivity contribution in [1.29, 1.82) is 0 Å². The number of fused-ring (bicyclic) bond motifs is 6. The molecule has 5 rings (SSSR count). The van der Waals surface area contributed by atoms with Crippen LogP contribution in [0, 0.1) is 6.92 Å². The molecule has 0 amide bonds. The monoisotopic (exact) mass is 257 g/mol. The second kappa shape index (κ2) is 3.25. The van der Waals surface area contributed by atoms with Crippen molar-refractivity contribution in [1.82, 2.24) is 14.4 Å². The Labute approximate surface area is 114 Å². The van der Waals surface area contributed by atoms with E-state index in [1.807, 2.05) is 6.92 Å². The second-order valence-corrected chi connectivity index (χ2v) is 5.19. The van der Waals surface area contributed by atoms with Gasteiger partial charge in [-0.05, 0) is 19.1 Å². The summed E-state index contributed by atoms with van der Waals surface area (Å²) in [5, 5.41) is 2.40. The summed E-state index contributed by atoms with van der Waals surface area (Å²) >= 11 is 0. The molecule has 3 heteroatoms. The van der Waals surface area contributed by atoms with Crippen LogP contribution in [0.15, 0.2) is 48.5 Å². The first-order valence-electron chi connectivity index (χ1n) is 6.72. The van der Waals surface area contributed by atoms with Gasteiger partial charge in [0.05, 0.1) is 16.6 Å². The highest BCUT2D eigenvalue weighted by Gasteiger charge is 2.18. The van der Waals surface area contributed by atoms with E-state index in [9.17, 15) is 0 Å². The minimum Gasteiger partial charge on any atom is -0.305 e. The first kappa shape index (κ1) is 10.1. The van der Waals surface area contributed by atoms with Gasteiger partial charge >= 0.3 is 0 Å². The summed E-state index contributed by atoms with van der Waals surface area (Å²) in [5.41, 5.74) is 5.65. The fourth-order valence-corrected chi connectivity index (χ4v) is 3.26. The number of para-hydroxylation sites is 2. The molecule has 0 spiro atoms. The molecule has 5 aromatic rings. The summed E-state index contributed by atoms with van der Waals surface area (Å²) in [4.78, 5) is 9.35. The molecule has 0 saturated heterocycles. The SMILES string of the molecule is Cc1nc2c3ccccc3n3c4ccccc4c(n1)c23. The van der Waals surface area contributed by atoms with Gasteiger partial charge in [0.2, 0.25) is 0 Å². The highest BCUT2D eigenvalue weighted by atomic mass is 15.0. The van der Waals surface area contributed by atoms with Gasteiger partial charge in [-0.1, -0.05) is 36.4 Å². The molecule has 0 aliphatic carbocycles. The molecule has 0 atom stereocenters. The Hall–Kier alpha value is -2.68. The van der Waals surface area contributed by atoms with Crippen LogP contribution < -0.4 is 0 Å². The van der Waals surface area contributed by atoms with Crippen LogP contribution in [-0.2, 0) is 0 Å². The zero-order valence-electron chi connectivity index (χ0n) is 11.0. The molecule has 20 heavy (non-hydrogen) atoms. The molecular weight excluding hydrogens is 246 g/mol. The molecule has 0 aliphatic rings. The predicted molar refractivity (Wildman–Crippen MR) is 81.4 cm³/mol. The van der Waals surface area contributed by atoms with Crippen molar-refractivity contribution in [3.05, 3.63) is 54.4 Å². The minimum absolute atomic E-state index is 0.826. The maximum absolute atomic E-state index is 4.68. The first-order valence-corrected chi connectivity index (χ1v) is 6.72. The maximum Gasteiger partial charge on any atom is 0.126 e. The van der Waals surface area contributed by atoms with E-state index in [1.165, 1.54) is 21.8 Å². The summed E-state index contributed by atoms with van der Waals surface area (Å²) in [7, 11) is 0. The normalized spacial score (nSPS) is 12.2. The summed E-state index contributed by atoms with van der Waals surface area (Å²) in [6.45, 7) is 1.96. The van der Waals surface area contributed by atoms with Crippen LogP contribution in [-0.4, -0.2) is 14.4 Å². The van der Waals surface area contributed by atoms with Gasteiger partial charge < -0.3 is 4.40 Å². The molecule has 0 saturated carbocycles. The van der Waals surface area contributed by atoms with Crippen molar-refractivity contribution in [2.45, 2.75) is 6.92 Å². The third-order valence-electron chi connectivity index (χ3n) is 4.02. The summed E-state index contributed by atoms with van der Waals surface area (Å²) < 4.78 is 2.29. The Bertz CT molecular complexity index is 1020. The van der Waals surface area contributed by atoms with Gasteiger partial charge in [0.25, 0.3) is 0 Å². The number of hydrogen-bond acceptors (Lipinski definition) is 2. The van der Waals surface area contributed by atoms with Crippen LogP contribution in [0.25, 0.3) is 38.4 Å². The van der Waals surface area contributed by atoms with Crippen molar-refractivity contribution < 1.29 is 0 Å². The summed E-state index contributed by atoms with van der Waals surface area (Å²) in [5.74, 6) is 0.826. The van der Waals surface area contributed by atoms with Gasteiger partial charge in [0, 0.05) is 10.8 Å². The molecule has 0 aliphatic heterocycles. The van der Waals surface area contributed by atoms with Gasteiger partial charge in [-0.25, -0.2) is 9.97 Å². The number of rotatable bonds is 0. The number of nitrogens with zero attached hydrogens (tertiary/aromatic N) is 3. The van der Waals surface area contributed by atoms with Crippen LogP contribution in [0.3, 0.4) is 0 Å². The van der Waals surface area contributed by atoms with Crippen LogP contribution >= 0.6 is 0 Å². The van der Waals surface area contributed by atoms with E-state index in [-0.39, 0.29) is 0 Å². The lowest BCUT2D eigenvalue weighted by atomic mass is 10.2. The highest BCUT2D eigenvalue weighted by Crippen LogP contribution is 2.36. The zero-order valence-corrected chi connectivity index (χ0v) is 11.0. The fraction of sp³-hybridized carbons (Fsp3) is 0.0588. The van der Waals surface area contributed by atoms with Gasteiger partial charge in [-0.15, -0.1) is 0 Å². The zero-order chi connectivity index (χ0) is 13.3. The molecule has 2 aromatic carbocycles. The van der Waals surface area contributed by atoms with Crippen molar-refractivity contribution in [3.63, 3.8) is 0 Å². The third-order valence-corrected chi connectivity index (χ3v) is 4.02. The lowest BCUT2D eigenvalue weighted by molar-refractivity contribution is 1.12. The number of aromatic nitrogens is 3. The fourth-order valence-electron chi connectivity index (χ4n) is 3.26. The Kier molecular flexibility index (Phi) is 1.65. The average molecular weight is 257 g/mol. The molecule has 0 N–H and O–H groups in total. The molecular formula is C17H11N3. The molecule has 3 heterocycles. The number of benzene rings is 2. The van der Waals surface area contributed by atoms with Crippen LogP contribution in [0.5, 0.6) is 0 Å². The van der Waals surface area contributed by atoms with Gasteiger partial charge in [-0.3, -0.25) is 0 Å². The van der Waals surface area contributed by atoms with Gasteiger partial charge in [0.1, 0.15) is 16.9 Å². The van der Waals surface area contributed by atoms with Crippen molar-refractivity contribution in [2.75, 3.05) is 0 Å². The molecule has 94 valence electrons. The van der Waals surface area contributed by atoms with Crippen molar-refractivity contribution >= 4 is 38.4 Å². The second-order valence-electron chi connectivity index (χ2n) is 5.19. The van der Waals surface area contributed by atoms with Gasteiger partial charge in [0.15, 0.2) is 0 Å². The minimum atomic E-state index is 0.826. The largest absolute Gasteiger partial charge is 0.305 e. The Morgan fingerprint density at radius 1 is 0.750 bits per heavy atom. The van der Waals surface area contributed by atoms with E-state index >= 15 is 0 Å². The lowest BCUT2D eigenvalue weighted by Crippen LogP contribution is -1.87. The van der Waals surface area contributed by atoms with Crippen molar-refractivity contribution in [2.24, 2.45) is 0 Å². The highest BCUT2D eigenvalue weighted by molar-refractivity contribution is 6.20. The van der Waals surface area contributed by atoms with Crippen LogP contribution in [0.4, 0.5) is 0 Å². The summed E-state index contributed by atoms with van der Waals surface area (Å²) in [6.07, 6.45) is 0. The standard InChI is InChI=1S/C17H11N3/c1-10-18-15-11-6-2-4-8-13(11)20-14-9-5-3-7-12(14)16(19-10)17(15)20/h2-9H,1H3. The van der Waals surface area contributed by atoms with E-state index in [0.29, 0.717) is 0 Å². The molecule has 3 nitrogen and oxygen atoms in total. The Morgan fingerprint density at radius 2 is 1.25 bits per heavy atom. The van der Waals surface area contributed by atoms with E-state index in [4.69, 9.17) is 0 Å². The predicted octanol–water partition coefficient (Wildman–Crippen LogP) is 3.94. The maximum atomic E-state index is 4.68. The summed E-state index contributed by atoms with van der Waals surface area (Å²) in [6, 6.07) is 16.9. The molecule has 3 aromatic heterocycles. The molecule has 0 fully saturated rings. The van der Waals surface area contributed by atoms with E-state index in [0.717, 1.165) is 22.4 Å². The number of aryl methyl sites for hydroxylation is 1. The topological polar surface area (TPSA) is 30.2 Å². The molecule has 0 radical (unpaired) electrons. The van der Waals surface area contributed by atoms with E-state index in [1.54, 1.807) is 0 Å². The first-order chi connectivity index (χ1) is 9.84. The van der Waals surface area contributed by atoms with Crippen LogP contribution in [0.2, 0.25) is 0 Å².